The van der Waals surface area contributed by atoms with Crippen LogP contribution in [0.2, 0.25) is 0 Å². The Labute approximate surface area is 82.2 Å². The van der Waals surface area contributed by atoms with Crippen molar-refractivity contribution in [2.24, 2.45) is 17.8 Å². The molecule has 0 spiro atoms. The van der Waals surface area contributed by atoms with Crippen molar-refractivity contribution < 1.29 is 19.4 Å². The Balaban J connectivity index is 1.84. The number of carboxylic acid groups (broad SMARTS) is 1. The molecule has 78 valence electrons. The third-order valence-electron chi connectivity index (χ3n) is 3.38. The summed E-state index contributed by atoms with van der Waals surface area (Å²) in [7, 11) is 0. The molecule has 0 saturated heterocycles. The van der Waals surface area contributed by atoms with Crippen molar-refractivity contribution in [2.75, 3.05) is 6.61 Å². The highest BCUT2D eigenvalue weighted by molar-refractivity contribution is 5.77. The topological polar surface area (TPSA) is 63.6 Å². The Morgan fingerprint density at radius 1 is 1.29 bits per heavy atom. The molecule has 1 N–H and O–H groups in total. The molecule has 4 heteroatoms. The van der Waals surface area contributed by atoms with Gasteiger partial charge in [0.15, 0.2) is 6.61 Å². The zero-order chi connectivity index (χ0) is 10.1. The first-order valence-electron chi connectivity index (χ1n) is 5.05. The molecule has 0 aliphatic heterocycles. The first-order chi connectivity index (χ1) is 6.66. The van der Waals surface area contributed by atoms with Crippen molar-refractivity contribution >= 4 is 11.9 Å². The molecule has 0 radical (unpaired) electrons. The number of hydrogen-bond donors (Lipinski definition) is 1. The highest BCUT2D eigenvalue weighted by Crippen LogP contribution is 2.48. The van der Waals surface area contributed by atoms with Gasteiger partial charge in [0.1, 0.15) is 0 Å². The van der Waals surface area contributed by atoms with Gasteiger partial charge in [0.25, 0.3) is 0 Å². The van der Waals surface area contributed by atoms with E-state index in [2.05, 4.69) is 0 Å². The van der Waals surface area contributed by atoms with Crippen LogP contribution in [0.25, 0.3) is 0 Å². The van der Waals surface area contributed by atoms with Crippen LogP contribution in [0.4, 0.5) is 0 Å². The van der Waals surface area contributed by atoms with Gasteiger partial charge in [-0.15, -0.1) is 0 Å². The monoisotopic (exact) mass is 198 g/mol. The Morgan fingerprint density at radius 2 is 2.07 bits per heavy atom. The second-order valence-corrected chi connectivity index (χ2v) is 4.28. The van der Waals surface area contributed by atoms with Gasteiger partial charge >= 0.3 is 11.9 Å². The van der Waals surface area contributed by atoms with Crippen molar-refractivity contribution in [3.63, 3.8) is 0 Å². The van der Waals surface area contributed by atoms with E-state index in [9.17, 15) is 9.59 Å². The van der Waals surface area contributed by atoms with E-state index < -0.39 is 12.6 Å². The second kappa shape index (κ2) is 3.59. The summed E-state index contributed by atoms with van der Waals surface area (Å²) in [6, 6.07) is 0. The average Bonchev–Trinajstić information content (AvgIpc) is 2.74. The molecule has 0 aromatic rings. The van der Waals surface area contributed by atoms with E-state index in [0.29, 0.717) is 11.8 Å². The fourth-order valence-electron chi connectivity index (χ4n) is 2.77. The molecule has 2 rings (SSSR count). The summed E-state index contributed by atoms with van der Waals surface area (Å²) in [5.41, 5.74) is 0. The van der Waals surface area contributed by atoms with Crippen LogP contribution < -0.4 is 0 Å². The van der Waals surface area contributed by atoms with E-state index in [0.717, 1.165) is 19.3 Å². The van der Waals surface area contributed by atoms with Crippen molar-refractivity contribution in [1.82, 2.24) is 0 Å². The summed E-state index contributed by atoms with van der Waals surface area (Å²) < 4.78 is 4.70. The average molecular weight is 198 g/mol. The highest BCUT2D eigenvalue weighted by Gasteiger charge is 2.43. The van der Waals surface area contributed by atoms with Gasteiger partial charge in [0.05, 0.1) is 5.92 Å². The molecule has 2 aliphatic carbocycles. The molecule has 3 atom stereocenters. The lowest BCUT2D eigenvalue weighted by Crippen LogP contribution is -2.25. The molecule has 3 unspecified atom stereocenters. The summed E-state index contributed by atoms with van der Waals surface area (Å²) in [5.74, 6) is -0.266. The Kier molecular flexibility index (Phi) is 2.44. The maximum atomic E-state index is 11.5. The molecule has 14 heavy (non-hydrogen) atoms. The fourth-order valence-corrected chi connectivity index (χ4v) is 2.77. The predicted molar refractivity (Wildman–Crippen MR) is 47.5 cm³/mol. The summed E-state index contributed by atoms with van der Waals surface area (Å²) in [4.78, 5) is 21.7. The van der Waals surface area contributed by atoms with Crippen molar-refractivity contribution in [2.45, 2.75) is 25.7 Å². The quantitative estimate of drug-likeness (QED) is 0.688. The number of carbonyl (C=O) groups excluding carboxylic acids is 1. The van der Waals surface area contributed by atoms with Crippen LogP contribution in [-0.2, 0) is 14.3 Å². The molecule has 2 bridgehead atoms. The summed E-state index contributed by atoms with van der Waals surface area (Å²) in [6.45, 7) is -0.493. The number of hydrogen-bond acceptors (Lipinski definition) is 3. The number of carboxylic acids is 1. The predicted octanol–water partition coefficient (Wildman–Crippen LogP) is 1.05. The van der Waals surface area contributed by atoms with Crippen molar-refractivity contribution in [3.05, 3.63) is 0 Å². The van der Waals surface area contributed by atoms with Gasteiger partial charge in [-0.3, -0.25) is 4.79 Å². The number of ether oxygens (including phenoxy) is 1. The van der Waals surface area contributed by atoms with Crippen LogP contribution in [-0.4, -0.2) is 23.7 Å². The number of rotatable bonds is 3. The number of carbonyl (C=O) groups is 2. The van der Waals surface area contributed by atoms with Gasteiger partial charge in [-0.2, -0.15) is 0 Å². The fraction of sp³-hybridized carbons (Fsp3) is 0.800. The SMILES string of the molecule is O=C(O)COC(=O)C1CC2CCC1C2. The summed E-state index contributed by atoms with van der Waals surface area (Å²) >= 11 is 0. The van der Waals surface area contributed by atoms with Crippen LogP contribution >= 0.6 is 0 Å². The van der Waals surface area contributed by atoms with Crippen LogP contribution in [0.1, 0.15) is 25.7 Å². The van der Waals surface area contributed by atoms with Crippen molar-refractivity contribution in [1.29, 1.82) is 0 Å². The van der Waals surface area contributed by atoms with Gasteiger partial charge < -0.3 is 9.84 Å². The molecule has 0 heterocycles. The molecule has 0 amide bonds. The minimum absolute atomic E-state index is 0.0203. The van der Waals surface area contributed by atoms with Gasteiger partial charge in [-0.05, 0) is 31.1 Å². The molecule has 0 aromatic carbocycles. The van der Waals surface area contributed by atoms with Crippen LogP contribution in [0, 0.1) is 17.8 Å². The summed E-state index contributed by atoms with van der Waals surface area (Å²) in [6.07, 6.45) is 4.38. The molecule has 2 aliphatic rings. The van der Waals surface area contributed by atoms with E-state index in [4.69, 9.17) is 9.84 Å². The second-order valence-electron chi connectivity index (χ2n) is 4.28. The lowest BCUT2D eigenvalue weighted by Gasteiger charge is -2.19. The lowest BCUT2D eigenvalue weighted by atomic mass is 9.89. The summed E-state index contributed by atoms with van der Waals surface area (Å²) in [5, 5.41) is 8.36. The molecule has 4 nitrogen and oxygen atoms in total. The normalized spacial score (nSPS) is 34.4. The zero-order valence-corrected chi connectivity index (χ0v) is 7.94. The molecule has 2 fully saturated rings. The van der Waals surface area contributed by atoms with Gasteiger partial charge in [0.2, 0.25) is 0 Å². The van der Waals surface area contributed by atoms with Gasteiger partial charge in [-0.1, -0.05) is 6.42 Å². The van der Waals surface area contributed by atoms with E-state index in [1.54, 1.807) is 0 Å². The van der Waals surface area contributed by atoms with Crippen molar-refractivity contribution in [3.8, 4) is 0 Å². The van der Waals surface area contributed by atoms with E-state index in [-0.39, 0.29) is 11.9 Å². The number of fused-ring (bicyclic) bond motifs is 2. The van der Waals surface area contributed by atoms with E-state index in [1.165, 1.54) is 6.42 Å². The van der Waals surface area contributed by atoms with E-state index >= 15 is 0 Å². The first-order valence-corrected chi connectivity index (χ1v) is 5.05. The van der Waals surface area contributed by atoms with Crippen LogP contribution in [0.3, 0.4) is 0 Å². The first kappa shape index (κ1) is 9.49. The highest BCUT2D eigenvalue weighted by atomic mass is 16.5. The van der Waals surface area contributed by atoms with Gasteiger partial charge in [-0.25, -0.2) is 4.79 Å². The van der Waals surface area contributed by atoms with Crippen LogP contribution in [0.15, 0.2) is 0 Å². The van der Waals surface area contributed by atoms with Crippen LogP contribution in [0.5, 0.6) is 0 Å². The van der Waals surface area contributed by atoms with Gasteiger partial charge in [0, 0.05) is 0 Å². The standard InChI is InChI=1S/C10H14O4/c11-9(12)5-14-10(13)8-4-6-1-2-7(8)3-6/h6-8H,1-5H2,(H,11,12). The third-order valence-corrected chi connectivity index (χ3v) is 3.38. The molecule has 2 saturated carbocycles. The number of aliphatic carboxylic acids is 1. The van der Waals surface area contributed by atoms with E-state index in [1.807, 2.05) is 0 Å². The Hall–Kier alpha value is -1.06. The Bertz CT molecular complexity index is 261. The smallest absolute Gasteiger partial charge is 0.341 e. The molecular weight excluding hydrogens is 184 g/mol. The third kappa shape index (κ3) is 1.74. The largest absolute Gasteiger partial charge is 0.479 e. The molecule has 0 aromatic heterocycles. The maximum Gasteiger partial charge on any atom is 0.341 e. The minimum atomic E-state index is -1.08. The lowest BCUT2D eigenvalue weighted by molar-refractivity contribution is -0.159. The minimum Gasteiger partial charge on any atom is -0.479 e. The maximum absolute atomic E-state index is 11.5. The Morgan fingerprint density at radius 3 is 2.57 bits per heavy atom. The zero-order valence-electron chi connectivity index (χ0n) is 7.94. The number of esters is 1. The molecular formula is C10H14O4.